The van der Waals surface area contributed by atoms with Gasteiger partial charge in [0.1, 0.15) is 12.7 Å². The number of nitrogens with zero attached hydrogens (tertiary/aromatic N) is 1. The molecule has 0 fully saturated rings. The van der Waals surface area contributed by atoms with E-state index in [2.05, 4.69) is 10.4 Å². The van der Waals surface area contributed by atoms with Gasteiger partial charge in [-0.05, 0) is 19.1 Å². The maximum atomic E-state index is 5.97. The van der Waals surface area contributed by atoms with Gasteiger partial charge in [-0.1, -0.05) is 12.1 Å². The predicted octanol–water partition coefficient (Wildman–Crippen LogP) is 1.67. The summed E-state index contributed by atoms with van der Waals surface area (Å²) in [6.45, 7) is 2.47. The van der Waals surface area contributed by atoms with Gasteiger partial charge in [-0.15, -0.1) is 11.3 Å². The minimum Gasteiger partial charge on any atom is -0.486 e. The van der Waals surface area contributed by atoms with Gasteiger partial charge in [0, 0.05) is 17.5 Å². The van der Waals surface area contributed by atoms with Crippen molar-refractivity contribution < 1.29 is 9.47 Å². The van der Waals surface area contributed by atoms with Gasteiger partial charge < -0.3 is 9.47 Å². The average molecular weight is 291 g/mol. The Balaban J connectivity index is 1.71. The van der Waals surface area contributed by atoms with E-state index in [0.29, 0.717) is 6.61 Å². The lowest BCUT2D eigenvalue weighted by molar-refractivity contribution is 0.0619. The van der Waals surface area contributed by atoms with E-state index in [1.54, 1.807) is 11.3 Å². The second-order valence-corrected chi connectivity index (χ2v) is 5.72. The predicted molar refractivity (Wildman–Crippen MR) is 78.0 cm³/mol. The van der Waals surface area contributed by atoms with E-state index >= 15 is 0 Å². The van der Waals surface area contributed by atoms with E-state index in [4.69, 9.17) is 15.3 Å². The molecule has 20 heavy (non-hydrogen) atoms. The van der Waals surface area contributed by atoms with Crippen molar-refractivity contribution in [3.8, 4) is 11.5 Å². The average Bonchev–Trinajstić information content (AvgIpc) is 2.89. The van der Waals surface area contributed by atoms with Crippen molar-refractivity contribution in [2.45, 2.75) is 25.5 Å². The first-order valence-electron chi connectivity index (χ1n) is 6.52. The van der Waals surface area contributed by atoms with E-state index in [1.807, 2.05) is 36.6 Å². The van der Waals surface area contributed by atoms with Crippen LogP contribution in [0.2, 0.25) is 0 Å². The number of nitrogens with two attached hydrogens (primary N) is 1. The second kappa shape index (κ2) is 5.78. The Labute approximate surface area is 121 Å². The molecular weight excluding hydrogens is 274 g/mol. The molecule has 1 aliphatic heterocycles. The molecule has 2 unspecified atom stereocenters. The Hall–Kier alpha value is -1.63. The zero-order valence-corrected chi connectivity index (χ0v) is 12.0. The highest BCUT2D eigenvalue weighted by Crippen LogP contribution is 2.32. The lowest BCUT2D eigenvalue weighted by atomic mass is 10.1. The van der Waals surface area contributed by atoms with Crippen molar-refractivity contribution in [1.82, 2.24) is 10.4 Å². The maximum Gasteiger partial charge on any atom is 0.161 e. The van der Waals surface area contributed by atoms with Crippen LogP contribution in [0, 0.1) is 6.92 Å². The number of benzene rings is 1. The first kappa shape index (κ1) is 13.4. The third kappa shape index (κ3) is 2.77. The van der Waals surface area contributed by atoms with Crippen molar-refractivity contribution in [2.75, 3.05) is 6.61 Å². The van der Waals surface area contributed by atoms with Crippen LogP contribution in [0.1, 0.15) is 10.7 Å². The summed E-state index contributed by atoms with van der Waals surface area (Å²) < 4.78 is 11.7. The molecule has 0 amide bonds. The van der Waals surface area contributed by atoms with Crippen molar-refractivity contribution in [2.24, 2.45) is 5.84 Å². The summed E-state index contributed by atoms with van der Waals surface area (Å²) >= 11 is 1.64. The van der Waals surface area contributed by atoms with Crippen LogP contribution in [0.25, 0.3) is 0 Å². The topological polar surface area (TPSA) is 69.4 Å². The number of hydrogen-bond acceptors (Lipinski definition) is 6. The third-order valence-corrected chi connectivity index (χ3v) is 4.24. The molecule has 5 nitrogen and oxygen atoms in total. The van der Waals surface area contributed by atoms with Crippen LogP contribution in [0.15, 0.2) is 29.6 Å². The highest BCUT2D eigenvalue weighted by atomic mass is 32.1. The normalized spacial score (nSPS) is 18.8. The van der Waals surface area contributed by atoms with E-state index in [-0.39, 0.29) is 12.1 Å². The number of hydrazine groups is 1. The quantitative estimate of drug-likeness (QED) is 0.662. The fourth-order valence-electron chi connectivity index (χ4n) is 2.22. The van der Waals surface area contributed by atoms with Crippen LogP contribution >= 0.6 is 11.3 Å². The molecular formula is C14H17N3O2S. The highest BCUT2D eigenvalue weighted by Gasteiger charge is 2.29. The minimum atomic E-state index is -0.126. The molecule has 3 rings (SSSR count). The van der Waals surface area contributed by atoms with Gasteiger partial charge in [0.25, 0.3) is 0 Å². The fourth-order valence-corrected chi connectivity index (χ4v) is 3.05. The molecule has 106 valence electrons. The monoisotopic (exact) mass is 291 g/mol. The molecule has 2 heterocycles. The van der Waals surface area contributed by atoms with Crippen molar-refractivity contribution >= 4 is 11.3 Å². The van der Waals surface area contributed by atoms with Crippen LogP contribution in [-0.4, -0.2) is 23.7 Å². The number of aromatic nitrogens is 1. The first-order valence-corrected chi connectivity index (χ1v) is 7.40. The highest BCUT2D eigenvalue weighted by molar-refractivity contribution is 7.09. The number of fused-ring (bicyclic) bond motifs is 1. The third-order valence-electron chi connectivity index (χ3n) is 3.25. The smallest absolute Gasteiger partial charge is 0.161 e. The molecule has 2 aromatic rings. The van der Waals surface area contributed by atoms with Gasteiger partial charge in [-0.3, -0.25) is 11.3 Å². The largest absolute Gasteiger partial charge is 0.486 e. The molecule has 1 aromatic heterocycles. The molecule has 1 aliphatic rings. The van der Waals surface area contributed by atoms with Crippen molar-refractivity contribution in [3.05, 3.63) is 40.3 Å². The van der Waals surface area contributed by atoms with E-state index in [1.165, 1.54) is 0 Å². The number of hydrogen-bond donors (Lipinski definition) is 2. The summed E-state index contributed by atoms with van der Waals surface area (Å²) in [5.41, 5.74) is 3.86. The molecule has 0 saturated heterocycles. The number of aryl methyl sites for hydroxylation is 1. The Morgan fingerprint density at radius 3 is 2.95 bits per heavy atom. The van der Waals surface area contributed by atoms with Gasteiger partial charge in [0.2, 0.25) is 0 Å². The van der Waals surface area contributed by atoms with Gasteiger partial charge in [0.15, 0.2) is 11.5 Å². The molecule has 0 spiro atoms. The van der Waals surface area contributed by atoms with Crippen LogP contribution in [0.5, 0.6) is 11.5 Å². The summed E-state index contributed by atoms with van der Waals surface area (Å²) in [5, 5.41) is 3.09. The lowest BCUT2D eigenvalue weighted by Crippen LogP contribution is -2.51. The van der Waals surface area contributed by atoms with Crippen molar-refractivity contribution in [1.29, 1.82) is 0 Å². The van der Waals surface area contributed by atoms with E-state index < -0.39 is 0 Å². The molecule has 0 aliphatic carbocycles. The number of rotatable bonds is 4. The Morgan fingerprint density at radius 2 is 2.25 bits per heavy atom. The van der Waals surface area contributed by atoms with Gasteiger partial charge in [0.05, 0.1) is 11.0 Å². The summed E-state index contributed by atoms with van der Waals surface area (Å²) in [6, 6.07) is 7.64. The number of para-hydroxylation sites is 2. The van der Waals surface area contributed by atoms with E-state index in [9.17, 15) is 0 Å². The Morgan fingerprint density at radius 1 is 1.45 bits per heavy atom. The molecule has 0 radical (unpaired) electrons. The molecule has 2 atom stereocenters. The van der Waals surface area contributed by atoms with Crippen LogP contribution < -0.4 is 20.7 Å². The molecule has 6 heteroatoms. The first-order chi connectivity index (χ1) is 9.76. The molecule has 1 aromatic carbocycles. The number of thiazole rings is 1. The van der Waals surface area contributed by atoms with E-state index in [0.717, 1.165) is 28.6 Å². The SMILES string of the molecule is Cc1csc(CC(NN)C2COc3ccccc3O2)n1. The van der Waals surface area contributed by atoms with Crippen LogP contribution in [0.3, 0.4) is 0 Å². The minimum absolute atomic E-state index is 0.0334. The Bertz CT molecular complexity index is 587. The zero-order valence-electron chi connectivity index (χ0n) is 11.2. The van der Waals surface area contributed by atoms with Gasteiger partial charge in [-0.25, -0.2) is 4.98 Å². The number of ether oxygens (including phenoxy) is 2. The molecule has 0 bridgehead atoms. The van der Waals surface area contributed by atoms with Crippen LogP contribution in [-0.2, 0) is 6.42 Å². The molecule has 3 N–H and O–H groups in total. The van der Waals surface area contributed by atoms with Crippen molar-refractivity contribution in [3.63, 3.8) is 0 Å². The maximum absolute atomic E-state index is 5.97. The van der Waals surface area contributed by atoms with Crippen LogP contribution in [0.4, 0.5) is 0 Å². The fraction of sp³-hybridized carbons (Fsp3) is 0.357. The summed E-state index contributed by atoms with van der Waals surface area (Å²) in [6.07, 6.45) is 0.602. The van der Waals surface area contributed by atoms with Gasteiger partial charge in [-0.2, -0.15) is 0 Å². The summed E-state index contributed by atoms with van der Waals surface area (Å²) in [7, 11) is 0. The second-order valence-electron chi connectivity index (χ2n) is 4.77. The number of nitrogens with one attached hydrogen (secondary N) is 1. The summed E-state index contributed by atoms with van der Waals surface area (Å²) in [5.74, 6) is 7.21. The lowest BCUT2D eigenvalue weighted by Gasteiger charge is -2.31. The standard InChI is InChI=1S/C14H17N3O2S/c1-9-8-20-14(16-9)6-10(17-15)13-7-18-11-4-2-3-5-12(11)19-13/h2-5,8,10,13,17H,6-7,15H2,1H3. The summed E-state index contributed by atoms with van der Waals surface area (Å²) in [4.78, 5) is 4.46. The zero-order chi connectivity index (χ0) is 13.9. The van der Waals surface area contributed by atoms with Gasteiger partial charge >= 0.3 is 0 Å². The molecule has 0 saturated carbocycles. The Kier molecular flexibility index (Phi) is 3.86.